The molecule has 3 nitrogen and oxygen atoms in total. The topological polar surface area (TPSA) is 60.2 Å². The Labute approximate surface area is 112 Å². The Bertz CT molecular complexity index is 330. The minimum atomic E-state index is -2.83. The zero-order valence-electron chi connectivity index (χ0n) is 12.1. The first kappa shape index (κ1) is 16.0. The lowest BCUT2D eigenvalue weighted by atomic mass is 9.74. The summed E-state index contributed by atoms with van der Waals surface area (Å²) in [5, 5.41) is 0. The van der Waals surface area contributed by atoms with E-state index in [0.717, 1.165) is 18.3 Å². The zero-order chi connectivity index (χ0) is 13.8. The minimum Gasteiger partial charge on any atom is -0.327 e. The second-order valence-electron chi connectivity index (χ2n) is 6.35. The molecule has 1 rings (SSSR count). The van der Waals surface area contributed by atoms with E-state index in [1.54, 1.807) is 0 Å². The largest absolute Gasteiger partial charge is 0.327 e. The molecule has 0 amide bonds. The van der Waals surface area contributed by atoms with Gasteiger partial charge in [0.15, 0.2) is 0 Å². The highest BCUT2D eigenvalue weighted by Crippen LogP contribution is 2.35. The molecule has 4 heteroatoms. The number of hydrogen-bond donors (Lipinski definition) is 1. The van der Waals surface area contributed by atoms with Gasteiger partial charge < -0.3 is 5.73 Å². The second kappa shape index (κ2) is 6.90. The molecule has 1 unspecified atom stereocenters. The van der Waals surface area contributed by atoms with E-state index in [1.165, 1.54) is 31.9 Å². The van der Waals surface area contributed by atoms with Crippen LogP contribution in [0.15, 0.2) is 0 Å². The highest BCUT2D eigenvalue weighted by atomic mass is 32.2. The molecule has 2 N–H and O–H groups in total. The smallest absolute Gasteiger partial charge is 0.147 e. The van der Waals surface area contributed by atoms with Crippen molar-refractivity contribution in [2.24, 2.45) is 23.5 Å². The van der Waals surface area contributed by atoms with Crippen LogP contribution in [0.1, 0.15) is 52.4 Å². The van der Waals surface area contributed by atoms with Gasteiger partial charge in [-0.05, 0) is 56.3 Å². The molecule has 0 aromatic heterocycles. The third-order valence-corrected chi connectivity index (χ3v) is 5.45. The number of nitrogens with two attached hydrogens (primary N) is 1. The summed E-state index contributed by atoms with van der Waals surface area (Å²) in [4.78, 5) is 0. The standard InChI is InChI=1S/C14H29NO2S/c1-11(2)12-6-8-13(9-7-12)14(15)5-4-10-18(3,16)17/h11-14H,4-10,15H2,1-3H3. The molecule has 0 spiro atoms. The minimum absolute atomic E-state index is 0.194. The maximum absolute atomic E-state index is 11.1. The van der Waals surface area contributed by atoms with Crippen LogP contribution >= 0.6 is 0 Å². The zero-order valence-corrected chi connectivity index (χ0v) is 12.9. The van der Waals surface area contributed by atoms with Crippen molar-refractivity contribution in [1.82, 2.24) is 0 Å². The molecule has 1 fully saturated rings. The molecule has 108 valence electrons. The average molecular weight is 275 g/mol. The summed E-state index contributed by atoms with van der Waals surface area (Å²) in [6, 6.07) is 0.194. The average Bonchev–Trinajstić information content (AvgIpc) is 2.27. The van der Waals surface area contributed by atoms with Crippen LogP contribution in [0, 0.1) is 17.8 Å². The predicted octanol–water partition coefficient (Wildman–Crippen LogP) is 2.60. The summed E-state index contributed by atoms with van der Waals surface area (Å²) in [6.45, 7) is 4.61. The Hall–Kier alpha value is -0.0900. The van der Waals surface area contributed by atoms with Gasteiger partial charge in [-0.15, -0.1) is 0 Å². The lowest BCUT2D eigenvalue weighted by molar-refractivity contribution is 0.199. The van der Waals surface area contributed by atoms with Gasteiger partial charge in [-0.25, -0.2) is 8.42 Å². The van der Waals surface area contributed by atoms with Crippen LogP contribution in [-0.4, -0.2) is 26.5 Å². The van der Waals surface area contributed by atoms with Crippen LogP contribution in [0.25, 0.3) is 0 Å². The normalized spacial score (nSPS) is 27.4. The molecule has 0 heterocycles. The van der Waals surface area contributed by atoms with Crippen LogP contribution in [0.3, 0.4) is 0 Å². The molecule has 0 radical (unpaired) electrons. The van der Waals surface area contributed by atoms with Crippen molar-refractivity contribution < 1.29 is 8.42 Å². The maximum atomic E-state index is 11.1. The van der Waals surface area contributed by atoms with Crippen LogP contribution in [-0.2, 0) is 9.84 Å². The third kappa shape index (κ3) is 5.70. The number of rotatable bonds is 6. The van der Waals surface area contributed by atoms with E-state index in [0.29, 0.717) is 12.3 Å². The van der Waals surface area contributed by atoms with Crippen molar-refractivity contribution in [2.75, 3.05) is 12.0 Å². The predicted molar refractivity (Wildman–Crippen MR) is 77.2 cm³/mol. The second-order valence-corrected chi connectivity index (χ2v) is 8.61. The first-order valence-electron chi connectivity index (χ1n) is 7.23. The fourth-order valence-electron chi connectivity index (χ4n) is 3.06. The molecule has 1 saturated carbocycles. The Balaban J connectivity index is 2.26. The molecule has 1 aliphatic rings. The lowest BCUT2D eigenvalue weighted by Gasteiger charge is -2.34. The van der Waals surface area contributed by atoms with E-state index >= 15 is 0 Å². The SMILES string of the molecule is CC(C)C1CCC(C(N)CCCS(C)(=O)=O)CC1. The first-order valence-corrected chi connectivity index (χ1v) is 9.29. The van der Waals surface area contributed by atoms with Gasteiger partial charge in [-0.1, -0.05) is 13.8 Å². The Morgan fingerprint density at radius 1 is 1.11 bits per heavy atom. The van der Waals surface area contributed by atoms with Gasteiger partial charge in [0.05, 0.1) is 0 Å². The van der Waals surface area contributed by atoms with Gasteiger partial charge in [0.1, 0.15) is 9.84 Å². The summed E-state index contributed by atoms with van der Waals surface area (Å²) in [7, 11) is -2.83. The molecule has 18 heavy (non-hydrogen) atoms. The van der Waals surface area contributed by atoms with E-state index in [9.17, 15) is 8.42 Å². The summed E-state index contributed by atoms with van der Waals surface area (Å²) in [5.41, 5.74) is 6.20. The van der Waals surface area contributed by atoms with E-state index in [-0.39, 0.29) is 11.8 Å². The molecule has 0 bridgehead atoms. The van der Waals surface area contributed by atoms with Crippen molar-refractivity contribution in [3.8, 4) is 0 Å². The van der Waals surface area contributed by atoms with Gasteiger partial charge in [0, 0.05) is 18.1 Å². The fraction of sp³-hybridized carbons (Fsp3) is 1.00. The van der Waals surface area contributed by atoms with E-state index in [2.05, 4.69) is 13.8 Å². The molecule has 0 saturated heterocycles. The Morgan fingerprint density at radius 2 is 1.61 bits per heavy atom. The van der Waals surface area contributed by atoms with Gasteiger partial charge >= 0.3 is 0 Å². The highest BCUT2D eigenvalue weighted by Gasteiger charge is 2.26. The number of sulfone groups is 1. The molecular weight excluding hydrogens is 246 g/mol. The van der Waals surface area contributed by atoms with Crippen LogP contribution in [0.2, 0.25) is 0 Å². The molecule has 0 aromatic carbocycles. The summed E-state index contributed by atoms with van der Waals surface area (Å²) in [5.74, 6) is 2.54. The molecular formula is C14H29NO2S. The maximum Gasteiger partial charge on any atom is 0.147 e. The molecule has 0 aromatic rings. The van der Waals surface area contributed by atoms with Crippen LogP contribution < -0.4 is 5.73 Å². The highest BCUT2D eigenvalue weighted by molar-refractivity contribution is 7.90. The monoisotopic (exact) mass is 275 g/mol. The van der Waals surface area contributed by atoms with Gasteiger partial charge in [-0.3, -0.25) is 0 Å². The van der Waals surface area contributed by atoms with Gasteiger partial charge in [0.25, 0.3) is 0 Å². The van der Waals surface area contributed by atoms with Crippen molar-refractivity contribution >= 4 is 9.84 Å². The van der Waals surface area contributed by atoms with Crippen LogP contribution in [0.4, 0.5) is 0 Å². The van der Waals surface area contributed by atoms with E-state index in [1.807, 2.05) is 0 Å². The summed E-state index contributed by atoms with van der Waals surface area (Å²) in [6.07, 6.45) is 7.90. The van der Waals surface area contributed by atoms with Gasteiger partial charge in [0.2, 0.25) is 0 Å². The quantitative estimate of drug-likeness (QED) is 0.810. The number of hydrogen-bond acceptors (Lipinski definition) is 3. The van der Waals surface area contributed by atoms with Gasteiger partial charge in [-0.2, -0.15) is 0 Å². The first-order chi connectivity index (χ1) is 8.29. The lowest BCUT2D eigenvalue weighted by Crippen LogP contribution is -2.34. The Kier molecular flexibility index (Phi) is 6.12. The molecule has 1 atom stereocenters. The third-order valence-electron chi connectivity index (χ3n) is 4.42. The van der Waals surface area contributed by atoms with Crippen molar-refractivity contribution in [2.45, 2.75) is 58.4 Å². The van der Waals surface area contributed by atoms with E-state index in [4.69, 9.17) is 5.73 Å². The Morgan fingerprint density at radius 3 is 2.06 bits per heavy atom. The van der Waals surface area contributed by atoms with Crippen molar-refractivity contribution in [3.63, 3.8) is 0 Å². The van der Waals surface area contributed by atoms with Crippen LogP contribution in [0.5, 0.6) is 0 Å². The van der Waals surface area contributed by atoms with Crippen molar-refractivity contribution in [1.29, 1.82) is 0 Å². The fourth-order valence-corrected chi connectivity index (χ4v) is 3.75. The van der Waals surface area contributed by atoms with Crippen molar-refractivity contribution in [3.05, 3.63) is 0 Å². The molecule has 1 aliphatic carbocycles. The molecule has 0 aliphatic heterocycles. The van der Waals surface area contributed by atoms with E-state index < -0.39 is 9.84 Å². The summed E-state index contributed by atoms with van der Waals surface area (Å²) < 4.78 is 22.1. The summed E-state index contributed by atoms with van der Waals surface area (Å²) >= 11 is 0.